The molecule has 0 saturated heterocycles. The lowest BCUT2D eigenvalue weighted by atomic mass is 10.1. The highest BCUT2D eigenvalue weighted by Crippen LogP contribution is 2.39. The van der Waals surface area contributed by atoms with Crippen LogP contribution >= 0.6 is 11.6 Å². The molecule has 1 aromatic rings. The molecule has 0 aliphatic carbocycles. The van der Waals surface area contributed by atoms with Gasteiger partial charge in [0.2, 0.25) is 0 Å². The van der Waals surface area contributed by atoms with Crippen LogP contribution in [0.5, 0.6) is 11.5 Å². The second-order valence-electron chi connectivity index (χ2n) is 2.70. The maximum Gasteiger partial charge on any atom is 0.379 e. The lowest BCUT2D eigenvalue weighted by Gasteiger charge is -2.13. The number of phenolic OH excluding ortho intramolecular Hbond substituents is 2. The molecule has 0 radical (unpaired) electrons. The van der Waals surface area contributed by atoms with Crippen LogP contribution in [0.4, 0.5) is 8.78 Å². The average Bonchev–Trinajstić information content (AvgIpc) is 2.10. The molecule has 0 fully saturated rings. The Morgan fingerprint density at radius 3 is 2.20 bits per heavy atom. The van der Waals surface area contributed by atoms with Crippen molar-refractivity contribution in [2.45, 2.75) is 5.92 Å². The Morgan fingerprint density at radius 2 is 1.73 bits per heavy atom. The van der Waals surface area contributed by atoms with Gasteiger partial charge >= 0.3 is 11.9 Å². The van der Waals surface area contributed by atoms with Crippen molar-refractivity contribution in [3.8, 4) is 11.5 Å². The number of hydrogen-bond acceptors (Lipinski definition) is 3. The summed E-state index contributed by atoms with van der Waals surface area (Å²) in [5.41, 5.74) is -1.08. The second kappa shape index (κ2) is 3.54. The molecule has 0 aromatic heterocycles. The molecule has 3 N–H and O–H groups in total. The van der Waals surface area contributed by atoms with Crippen LogP contribution in [0.1, 0.15) is 5.56 Å². The standard InChI is InChI=1S/C8H5ClF2O4/c9-4-2-6(13)5(12)1-3(4)8(10,11)7(14)15/h1-2,12-13H,(H,14,15). The molecule has 0 amide bonds. The minimum absolute atomic E-state index is 0.409. The molecule has 0 atom stereocenters. The molecule has 1 rings (SSSR count). The summed E-state index contributed by atoms with van der Waals surface area (Å²) in [6, 6.07) is 1.05. The fraction of sp³-hybridized carbons (Fsp3) is 0.125. The van der Waals surface area contributed by atoms with Crippen molar-refractivity contribution >= 4 is 17.6 Å². The van der Waals surface area contributed by atoms with Crippen molar-refractivity contribution in [3.63, 3.8) is 0 Å². The van der Waals surface area contributed by atoms with Gasteiger partial charge in [-0.25, -0.2) is 4.79 Å². The zero-order chi connectivity index (χ0) is 11.8. The quantitative estimate of drug-likeness (QED) is 0.688. The molecule has 0 unspecified atom stereocenters. The van der Waals surface area contributed by atoms with Crippen LogP contribution in [-0.2, 0) is 10.7 Å². The molecule has 4 nitrogen and oxygen atoms in total. The number of carbonyl (C=O) groups is 1. The molecule has 15 heavy (non-hydrogen) atoms. The van der Waals surface area contributed by atoms with Crippen LogP contribution in [0.25, 0.3) is 0 Å². The number of carboxylic acids is 1. The van der Waals surface area contributed by atoms with Crippen LogP contribution in [0, 0.1) is 0 Å². The zero-order valence-electron chi connectivity index (χ0n) is 7.04. The molecular weight excluding hydrogens is 234 g/mol. The first-order valence-electron chi connectivity index (χ1n) is 3.60. The van der Waals surface area contributed by atoms with Gasteiger partial charge in [-0.3, -0.25) is 0 Å². The first-order valence-corrected chi connectivity index (χ1v) is 3.97. The summed E-state index contributed by atoms with van der Waals surface area (Å²) in [6.07, 6.45) is 0. The lowest BCUT2D eigenvalue weighted by molar-refractivity contribution is -0.166. The summed E-state index contributed by atoms with van der Waals surface area (Å²) in [5, 5.41) is 25.4. The van der Waals surface area contributed by atoms with Crippen LogP contribution in [0.2, 0.25) is 5.02 Å². The molecular formula is C8H5ClF2O4. The summed E-state index contributed by atoms with van der Waals surface area (Å²) in [5.74, 6) is -8.18. The topological polar surface area (TPSA) is 77.8 Å². The van der Waals surface area contributed by atoms with E-state index in [4.69, 9.17) is 26.9 Å². The van der Waals surface area contributed by atoms with Gasteiger partial charge < -0.3 is 15.3 Å². The van der Waals surface area contributed by atoms with E-state index in [-0.39, 0.29) is 0 Å². The first-order chi connectivity index (χ1) is 6.76. The fourth-order valence-corrected chi connectivity index (χ4v) is 1.18. The Labute approximate surface area is 87.3 Å². The number of rotatable bonds is 2. The fourth-order valence-electron chi connectivity index (χ4n) is 0.907. The number of halogens is 3. The minimum atomic E-state index is -4.22. The summed E-state index contributed by atoms with van der Waals surface area (Å²) in [7, 11) is 0. The smallest absolute Gasteiger partial charge is 0.379 e. The summed E-state index contributed by atoms with van der Waals surface area (Å²) < 4.78 is 25.9. The number of benzene rings is 1. The third kappa shape index (κ3) is 1.94. The van der Waals surface area contributed by atoms with Gasteiger partial charge in [0.1, 0.15) is 0 Å². The predicted molar refractivity (Wildman–Crippen MR) is 46.3 cm³/mol. The third-order valence-corrected chi connectivity index (χ3v) is 1.98. The third-order valence-electron chi connectivity index (χ3n) is 1.67. The van der Waals surface area contributed by atoms with Crippen LogP contribution in [-0.4, -0.2) is 21.3 Å². The van der Waals surface area contributed by atoms with E-state index < -0.39 is 34.0 Å². The zero-order valence-corrected chi connectivity index (χ0v) is 7.79. The first kappa shape index (κ1) is 11.5. The van der Waals surface area contributed by atoms with E-state index in [0.717, 1.165) is 0 Å². The molecule has 1 aromatic carbocycles. The maximum absolute atomic E-state index is 13.0. The Balaban J connectivity index is 3.38. The molecule has 82 valence electrons. The number of aromatic hydroxyl groups is 2. The van der Waals surface area contributed by atoms with Crippen molar-refractivity contribution < 1.29 is 28.9 Å². The molecule has 0 spiro atoms. The molecule has 0 aliphatic heterocycles. The lowest BCUT2D eigenvalue weighted by Crippen LogP contribution is -2.25. The van der Waals surface area contributed by atoms with Gasteiger partial charge in [0.05, 0.1) is 10.6 Å². The summed E-state index contributed by atoms with van der Waals surface area (Å²) in [6.45, 7) is 0. The van der Waals surface area contributed by atoms with E-state index >= 15 is 0 Å². The minimum Gasteiger partial charge on any atom is -0.504 e. The molecule has 0 saturated carbocycles. The highest BCUT2D eigenvalue weighted by atomic mass is 35.5. The summed E-state index contributed by atoms with van der Waals surface area (Å²) in [4.78, 5) is 10.2. The van der Waals surface area contributed by atoms with Gasteiger partial charge in [-0.05, 0) is 6.07 Å². The van der Waals surface area contributed by atoms with Gasteiger partial charge in [0.25, 0.3) is 0 Å². The van der Waals surface area contributed by atoms with Gasteiger partial charge in [-0.15, -0.1) is 0 Å². The van der Waals surface area contributed by atoms with Crippen LogP contribution < -0.4 is 0 Å². The molecule has 0 heterocycles. The van der Waals surface area contributed by atoms with E-state index in [1.54, 1.807) is 0 Å². The highest BCUT2D eigenvalue weighted by Gasteiger charge is 2.43. The number of aliphatic carboxylic acids is 1. The van der Waals surface area contributed by atoms with Gasteiger partial charge in [-0.1, -0.05) is 11.6 Å². The highest BCUT2D eigenvalue weighted by molar-refractivity contribution is 6.31. The number of hydrogen-bond donors (Lipinski definition) is 3. The Morgan fingerprint density at radius 1 is 1.27 bits per heavy atom. The van der Waals surface area contributed by atoms with Crippen molar-refractivity contribution in [1.29, 1.82) is 0 Å². The van der Waals surface area contributed by atoms with Crippen molar-refractivity contribution in [3.05, 3.63) is 22.7 Å². The normalized spacial score (nSPS) is 11.4. The second-order valence-corrected chi connectivity index (χ2v) is 3.11. The van der Waals surface area contributed by atoms with E-state index in [1.807, 2.05) is 0 Å². The average molecular weight is 239 g/mol. The van der Waals surface area contributed by atoms with E-state index in [2.05, 4.69) is 0 Å². The van der Waals surface area contributed by atoms with E-state index in [9.17, 15) is 13.6 Å². The SMILES string of the molecule is O=C(O)C(F)(F)c1cc(O)c(O)cc1Cl. The van der Waals surface area contributed by atoms with E-state index in [1.165, 1.54) is 0 Å². The maximum atomic E-state index is 13.0. The predicted octanol–water partition coefficient (Wildman–Crippen LogP) is 1.93. The Kier molecular flexibility index (Phi) is 2.72. The van der Waals surface area contributed by atoms with Crippen molar-refractivity contribution in [2.24, 2.45) is 0 Å². The van der Waals surface area contributed by atoms with Crippen molar-refractivity contribution in [1.82, 2.24) is 0 Å². The van der Waals surface area contributed by atoms with E-state index in [0.29, 0.717) is 12.1 Å². The Hall–Kier alpha value is -1.56. The number of alkyl halides is 2. The monoisotopic (exact) mass is 238 g/mol. The molecule has 0 bridgehead atoms. The van der Waals surface area contributed by atoms with Crippen LogP contribution in [0.15, 0.2) is 12.1 Å². The molecule has 7 heteroatoms. The molecule has 0 aliphatic rings. The van der Waals surface area contributed by atoms with Gasteiger partial charge in [0.15, 0.2) is 11.5 Å². The largest absolute Gasteiger partial charge is 0.504 e. The van der Waals surface area contributed by atoms with Crippen molar-refractivity contribution in [2.75, 3.05) is 0 Å². The van der Waals surface area contributed by atoms with Crippen LogP contribution in [0.3, 0.4) is 0 Å². The summed E-state index contributed by atoms with van der Waals surface area (Å²) >= 11 is 5.32. The number of carboxylic acid groups (broad SMARTS) is 1. The van der Waals surface area contributed by atoms with Gasteiger partial charge in [0, 0.05) is 6.07 Å². The number of phenols is 2. The van der Waals surface area contributed by atoms with Gasteiger partial charge in [-0.2, -0.15) is 8.78 Å². The Bertz CT molecular complexity index is 419.